The summed E-state index contributed by atoms with van der Waals surface area (Å²) in [5.41, 5.74) is 1.17. The molecule has 1 aliphatic carbocycles. The lowest BCUT2D eigenvalue weighted by atomic mass is 9.85. The maximum absolute atomic E-state index is 11.5. The minimum atomic E-state index is 0.212. The van der Waals surface area contributed by atoms with Crippen LogP contribution in [-0.2, 0) is 4.79 Å². The molecule has 0 heterocycles. The predicted molar refractivity (Wildman–Crippen MR) is 65.8 cm³/mol. The smallest absolute Gasteiger partial charge is 0.223 e. The van der Waals surface area contributed by atoms with Gasteiger partial charge in [0.25, 0.3) is 0 Å². The van der Waals surface area contributed by atoms with Crippen molar-refractivity contribution in [2.75, 3.05) is 6.54 Å². The van der Waals surface area contributed by atoms with Crippen molar-refractivity contribution >= 4 is 12.0 Å². The van der Waals surface area contributed by atoms with E-state index in [0.29, 0.717) is 6.54 Å². The number of nitrogens with one attached hydrogen (secondary N) is 1. The summed E-state index contributed by atoms with van der Waals surface area (Å²) in [6.45, 7) is 0.629. The molecular weight excluding hydrogens is 198 g/mol. The molecule has 0 bridgehead atoms. The molecule has 2 nitrogen and oxygen atoms in total. The van der Waals surface area contributed by atoms with Crippen LogP contribution in [0.15, 0.2) is 36.4 Å². The zero-order valence-corrected chi connectivity index (χ0v) is 9.36. The van der Waals surface area contributed by atoms with Crippen LogP contribution >= 0.6 is 0 Å². The molecule has 0 radical (unpaired) electrons. The highest BCUT2D eigenvalue weighted by Crippen LogP contribution is 2.25. The van der Waals surface area contributed by atoms with Crippen molar-refractivity contribution in [2.24, 2.45) is 5.92 Å². The van der Waals surface area contributed by atoms with Crippen molar-refractivity contribution in [3.63, 3.8) is 0 Å². The van der Waals surface area contributed by atoms with Gasteiger partial charge in [0.05, 0.1) is 0 Å². The van der Waals surface area contributed by atoms with E-state index >= 15 is 0 Å². The van der Waals surface area contributed by atoms with Gasteiger partial charge >= 0.3 is 0 Å². The van der Waals surface area contributed by atoms with Gasteiger partial charge in [-0.1, -0.05) is 48.9 Å². The number of rotatable bonds is 4. The summed E-state index contributed by atoms with van der Waals surface area (Å²) in [4.78, 5) is 11.5. The van der Waals surface area contributed by atoms with E-state index < -0.39 is 0 Å². The van der Waals surface area contributed by atoms with Gasteiger partial charge < -0.3 is 5.32 Å². The molecule has 2 heteroatoms. The van der Waals surface area contributed by atoms with Crippen LogP contribution in [0.3, 0.4) is 0 Å². The first-order valence-electron chi connectivity index (χ1n) is 5.85. The summed E-state index contributed by atoms with van der Waals surface area (Å²) in [5, 5.41) is 2.93. The van der Waals surface area contributed by atoms with Gasteiger partial charge in [0, 0.05) is 12.5 Å². The molecule has 0 atom stereocenters. The Bertz CT molecular complexity index is 366. The molecule has 1 aromatic carbocycles. The molecule has 0 aliphatic heterocycles. The summed E-state index contributed by atoms with van der Waals surface area (Å²) < 4.78 is 0. The third-order valence-electron chi connectivity index (χ3n) is 2.98. The van der Waals surface area contributed by atoms with Gasteiger partial charge in [-0.15, -0.1) is 0 Å². The minimum absolute atomic E-state index is 0.212. The zero-order chi connectivity index (χ0) is 11.2. The Morgan fingerprint density at radius 3 is 2.69 bits per heavy atom. The van der Waals surface area contributed by atoms with Gasteiger partial charge in [-0.3, -0.25) is 4.79 Å². The Morgan fingerprint density at radius 2 is 2.06 bits per heavy atom. The van der Waals surface area contributed by atoms with E-state index in [-0.39, 0.29) is 11.8 Å². The van der Waals surface area contributed by atoms with Crippen molar-refractivity contribution < 1.29 is 4.79 Å². The van der Waals surface area contributed by atoms with Crippen molar-refractivity contribution in [1.82, 2.24) is 5.32 Å². The highest BCUT2D eigenvalue weighted by molar-refractivity contribution is 5.79. The fraction of sp³-hybridized carbons (Fsp3) is 0.357. The Morgan fingerprint density at radius 1 is 1.31 bits per heavy atom. The third kappa shape index (κ3) is 2.96. The van der Waals surface area contributed by atoms with Crippen LogP contribution in [0.4, 0.5) is 0 Å². The van der Waals surface area contributed by atoms with E-state index in [1.165, 1.54) is 12.0 Å². The van der Waals surface area contributed by atoms with Gasteiger partial charge in [0.15, 0.2) is 0 Å². The number of carbonyl (C=O) groups excluding carboxylic acids is 1. The highest BCUT2D eigenvalue weighted by Gasteiger charge is 2.24. The SMILES string of the molecule is O=C(NC/C=C/c1ccccc1)C1CCC1. The molecule has 2 rings (SSSR count). The molecule has 16 heavy (non-hydrogen) atoms. The Hall–Kier alpha value is -1.57. The van der Waals surface area contributed by atoms with Crippen molar-refractivity contribution in [3.05, 3.63) is 42.0 Å². The fourth-order valence-corrected chi connectivity index (χ4v) is 1.73. The number of hydrogen-bond acceptors (Lipinski definition) is 1. The number of hydrogen-bond donors (Lipinski definition) is 1. The second-order valence-corrected chi connectivity index (χ2v) is 4.19. The number of carbonyl (C=O) groups is 1. The van der Waals surface area contributed by atoms with Crippen LogP contribution in [0.25, 0.3) is 6.08 Å². The fourth-order valence-electron chi connectivity index (χ4n) is 1.73. The quantitative estimate of drug-likeness (QED) is 0.822. The summed E-state index contributed by atoms with van der Waals surface area (Å²) in [7, 11) is 0. The highest BCUT2D eigenvalue weighted by atomic mass is 16.1. The lowest BCUT2D eigenvalue weighted by Gasteiger charge is -2.23. The Balaban J connectivity index is 1.71. The molecule has 0 saturated heterocycles. The summed E-state index contributed by atoms with van der Waals surface area (Å²) in [5.74, 6) is 0.495. The largest absolute Gasteiger partial charge is 0.352 e. The molecule has 0 aromatic heterocycles. The van der Waals surface area contributed by atoms with Crippen LogP contribution in [0.5, 0.6) is 0 Å². The molecule has 1 N–H and O–H groups in total. The lowest BCUT2D eigenvalue weighted by Crippen LogP contribution is -2.34. The van der Waals surface area contributed by atoms with E-state index in [1.54, 1.807) is 0 Å². The molecule has 1 aromatic rings. The van der Waals surface area contributed by atoms with E-state index in [0.717, 1.165) is 12.8 Å². The van der Waals surface area contributed by atoms with Gasteiger partial charge in [-0.05, 0) is 18.4 Å². The first-order chi connectivity index (χ1) is 7.86. The average molecular weight is 215 g/mol. The molecule has 84 valence electrons. The van der Waals surface area contributed by atoms with Crippen molar-refractivity contribution in [1.29, 1.82) is 0 Å². The van der Waals surface area contributed by atoms with Crippen LogP contribution in [0.2, 0.25) is 0 Å². The van der Waals surface area contributed by atoms with Crippen LogP contribution in [0, 0.1) is 5.92 Å². The maximum Gasteiger partial charge on any atom is 0.223 e. The van der Waals surface area contributed by atoms with Crippen molar-refractivity contribution in [3.8, 4) is 0 Å². The summed E-state index contributed by atoms with van der Waals surface area (Å²) >= 11 is 0. The second kappa shape index (κ2) is 5.50. The standard InChI is InChI=1S/C14H17NO/c16-14(13-9-4-10-13)15-11-5-8-12-6-2-1-3-7-12/h1-3,5-8,13H,4,9-11H2,(H,15,16)/b8-5+. The van der Waals surface area contributed by atoms with Gasteiger partial charge in [-0.2, -0.15) is 0 Å². The maximum atomic E-state index is 11.5. The first-order valence-corrected chi connectivity index (χ1v) is 5.85. The first kappa shape index (κ1) is 10.9. The van der Waals surface area contributed by atoms with Gasteiger partial charge in [-0.25, -0.2) is 0 Å². The molecule has 1 saturated carbocycles. The molecule has 1 aliphatic rings. The van der Waals surface area contributed by atoms with Crippen LogP contribution in [-0.4, -0.2) is 12.5 Å². The Labute approximate surface area is 96.4 Å². The van der Waals surface area contributed by atoms with Gasteiger partial charge in [0.1, 0.15) is 0 Å². The molecule has 1 fully saturated rings. The summed E-state index contributed by atoms with van der Waals surface area (Å²) in [6.07, 6.45) is 7.35. The molecule has 1 amide bonds. The lowest BCUT2D eigenvalue weighted by molar-refractivity contribution is -0.127. The van der Waals surface area contributed by atoms with Crippen molar-refractivity contribution in [2.45, 2.75) is 19.3 Å². The molecule has 0 unspecified atom stereocenters. The number of benzene rings is 1. The van der Waals surface area contributed by atoms with E-state index in [1.807, 2.05) is 42.5 Å². The Kier molecular flexibility index (Phi) is 3.76. The number of amides is 1. The summed E-state index contributed by atoms with van der Waals surface area (Å²) in [6, 6.07) is 10.1. The second-order valence-electron chi connectivity index (χ2n) is 4.19. The molecular formula is C14H17NO. The average Bonchev–Trinajstić information content (AvgIpc) is 2.23. The van der Waals surface area contributed by atoms with E-state index in [2.05, 4.69) is 5.32 Å². The third-order valence-corrected chi connectivity index (χ3v) is 2.98. The van der Waals surface area contributed by atoms with Crippen LogP contribution < -0.4 is 5.32 Å². The van der Waals surface area contributed by atoms with E-state index in [9.17, 15) is 4.79 Å². The van der Waals surface area contributed by atoms with Gasteiger partial charge in [0.2, 0.25) is 5.91 Å². The van der Waals surface area contributed by atoms with Crippen LogP contribution in [0.1, 0.15) is 24.8 Å². The monoisotopic (exact) mass is 215 g/mol. The minimum Gasteiger partial charge on any atom is -0.352 e. The molecule has 0 spiro atoms. The predicted octanol–water partition coefficient (Wildman–Crippen LogP) is 2.62. The van der Waals surface area contributed by atoms with E-state index in [4.69, 9.17) is 0 Å². The normalized spacial score (nSPS) is 16.0. The zero-order valence-electron chi connectivity index (χ0n) is 9.36. The topological polar surface area (TPSA) is 29.1 Å².